The maximum atomic E-state index is 5.47. The number of nitrogens with two attached hydrogens (primary N) is 1. The van der Waals surface area contributed by atoms with Gasteiger partial charge in [0.2, 0.25) is 0 Å². The molecular formula is C9H11N3S. The topological polar surface area (TPSA) is 51.8 Å². The SMILES string of the molecule is C=C/C(=C\C=C/C)c1nsc(N)n1. The third-order valence-corrected chi connectivity index (χ3v) is 1.93. The van der Waals surface area contributed by atoms with Crippen LogP contribution in [0.3, 0.4) is 0 Å². The number of nitrogens with zero attached hydrogens (tertiary/aromatic N) is 2. The summed E-state index contributed by atoms with van der Waals surface area (Å²) in [6, 6.07) is 0. The van der Waals surface area contributed by atoms with Gasteiger partial charge in [0.25, 0.3) is 0 Å². The fourth-order valence-corrected chi connectivity index (χ4v) is 1.24. The van der Waals surface area contributed by atoms with Crippen LogP contribution in [-0.4, -0.2) is 9.36 Å². The third-order valence-electron chi connectivity index (χ3n) is 1.39. The molecule has 0 aromatic carbocycles. The van der Waals surface area contributed by atoms with E-state index < -0.39 is 0 Å². The van der Waals surface area contributed by atoms with Crippen LogP contribution >= 0.6 is 11.5 Å². The molecule has 0 spiro atoms. The zero-order chi connectivity index (χ0) is 9.68. The lowest BCUT2D eigenvalue weighted by Crippen LogP contribution is -1.85. The average Bonchev–Trinajstić information content (AvgIpc) is 2.54. The molecule has 2 N–H and O–H groups in total. The van der Waals surface area contributed by atoms with E-state index in [9.17, 15) is 0 Å². The molecule has 1 rings (SSSR count). The summed E-state index contributed by atoms with van der Waals surface area (Å²) in [7, 11) is 0. The van der Waals surface area contributed by atoms with Crippen molar-refractivity contribution in [2.24, 2.45) is 0 Å². The molecule has 0 fully saturated rings. The molecule has 3 nitrogen and oxygen atoms in total. The van der Waals surface area contributed by atoms with Crippen LogP contribution in [0.25, 0.3) is 5.57 Å². The highest BCUT2D eigenvalue weighted by Crippen LogP contribution is 2.15. The van der Waals surface area contributed by atoms with Gasteiger partial charge < -0.3 is 5.73 Å². The Bertz CT molecular complexity index is 349. The molecule has 1 aromatic rings. The summed E-state index contributed by atoms with van der Waals surface area (Å²) in [5.74, 6) is 0.635. The van der Waals surface area contributed by atoms with Gasteiger partial charge in [-0.15, -0.1) is 0 Å². The van der Waals surface area contributed by atoms with Crippen molar-refractivity contribution in [3.05, 3.63) is 36.7 Å². The number of anilines is 1. The first-order valence-electron chi connectivity index (χ1n) is 3.83. The van der Waals surface area contributed by atoms with Gasteiger partial charge in [-0.3, -0.25) is 0 Å². The Kier molecular flexibility index (Phi) is 3.40. The van der Waals surface area contributed by atoms with E-state index in [1.165, 1.54) is 11.5 Å². The van der Waals surface area contributed by atoms with Crippen LogP contribution in [0.1, 0.15) is 12.7 Å². The summed E-state index contributed by atoms with van der Waals surface area (Å²) in [4.78, 5) is 4.05. The molecule has 0 amide bonds. The quantitative estimate of drug-likeness (QED) is 0.749. The Labute approximate surface area is 81.5 Å². The fraction of sp³-hybridized carbons (Fsp3) is 0.111. The van der Waals surface area contributed by atoms with Gasteiger partial charge in [-0.2, -0.15) is 9.36 Å². The number of allylic oxidation sites excluding steroid dienone is 5. The minimum atomic E-state index is 0.475. The first-order chi connectivity index (χ1) is 6.27. The molecule has 0 radical (unpaired) electrons. The van der Waals surface area contributed by atoms with Gasteiger partial charge in [-0.05, 0) is 6.92 Å². The molecule has 1 aromatic heterocycles. The second-order valence-corrected chi connectivity index (χ2v) is 3.09. The third kappa shape index (κ3) is 2.52. The smallest absolute Gasteiger partial charge is 0.200 e. The van der Waals surface area contributed by atoms with E-state index in [2.05, 4.69) is 15.9 Å². The predicted octanol–water partition coefficient (Wildman–Crippen LogP) is 2.27. The van der Waals surface area contributed by atoms with Crippen molar-refractivity contribution in [1.82, 2.24) is 9.36 Å². The Morgan fingerprint density at radius 1 is 1.62 bits per heavy atom. The molecule has 0 aliphatic rings. The first-order valence-corrected chi connectivity index (χ1v) is 4.60. The monoisotopic (exact) mass is 193 g/mol. The Morgan fingerprint density at radius 2 is 2.38 bits per heavy atom. The van der Waals surface area contributed by atoms with Crippen LogP contribution < -0.4 is 5.73 Å². The highest BCUT2D eigenvalue weighted by molar-refractivity contribution is 7.09. The molecule has 0 bridgehead atoms. The molecule has 0 saturated carbocycles. The van der Waals surface area contributed by atoms with Gasteiger partial charge in [0, 0.05) is 17.1 Å². The number of nitrogen functional groups attached to an aromatic ring is 1. The van der Waals surface area contributed by atoms with Crippen LogP contribution in [0.2, 0.25) is 0 Å². The molecular weight excluding hydrogens is 182 g/mol. The standard InChI is InChI=1S/C9H11N3S/c1-3-5-6-7(4-2)8-11-9(10)13-12-8/h3-6H,2H2,1H3,(H2,10,11,12)/b5-3-,7-6+. The molecule has 0 unspecified atom stereocenters. The normalized spacial score (nSPS) is 12.2. The van der Waals surface area contributed by atoms with Gasteiger partial charge in [0.15, 0.2) is 11.0 Å². The van der Waals surface area contributed by atoms with E-state index in [1.807, 2.05) is 25.2 Å². The predicted molar refractivity (Wildman–Crippen MR) is 57.3 cm³/mol. The van der Waals surface area contributed by atoms with E-state index in [4.69, 9.17) is 5.73 Å². The lowest BCUT2D eigenvalue weighted by atomic mass is 10.2. The first kappa shape index (κ1) is 9.67. The van der Waals surface area contributed by atoms with E-state index in [-0.39, 0.29) is 0 Å². The minimum Gasteiger partial charge on any atom is -0.374 e. The van der Waals surface area contributed by atoms with Crippen LogP contribution in [0.4, 0.5) is 5.13 Å². The molecule has 0 aliphatic heterocycles. The van der Waals surface area contributed by atoms with Crippen LogP contribution in [0.5, 0.6) is 0 Å². The fourth-order valence-electron chi connectivity index (χ4n) is 0.786. The molecule has 0 aliphatic carbocycles. The summed E-state index contributed by atoms with van der Waals surface area (Å²) >= 11 is 1.19. The highest BCUT2D eigenvalue weighted by Gasteiger charge is 2.02. The van der Waals surface area contributed by atoms with E-state index in [0.717, 1.165) is 5.57 Å². The summed E-state index contributed by atoms with van der Waals surface area (Å²) < 4.78 is 4.07. The van der Waals surface area contributed by atoms with Crippen molar-refractivity contribution in [2.75, 3.05) is 5.73 Å². The maximum absolute atomic E-state index is 5.47. The molecule has 1 heterocycles. The van der Waals surface area contributed by atoms with Crippen molar-refractivity contribution in [1.29, 1.82) is 0 Å². The van der Waals surface area contributed by atoms with Gasteiger partial charge in [-0.25, -0.2) is 0 Å². The van der Waals surface area contributed by atoms with Gasteiger partial charge >= 0.3 is 0 Å². The Morgan fingerprint density at radius 3 is 2.85 bits per heavy atom. The lowest BCUT2D eigenvalue weighted by Gasteiger charge is -1.91. The van der Waals surface area contributed by atoms with Crippen molar-refractivity contribution in [3.63, 3.8) is 0 Å². The second kappa shape index (κ2) is 4.57. The zero-order valence-electron chi connectivity index (χ0n) is 7.40. The number of aromatic nitrogens is 2. The summed E-state index contributed by atoms with van der Waals surface area (Å²) in [6.07, 6.45) is 7.45. The minimum absolute atomic E-state index is 0.475. The van der Waals surface area contributed by atoms with Crippen molar-refractivity contribution in [2.45, 2.75) is 6.92 Å². The molecule has 0 saturated heterocycles. The average molecular weight is 193 g/mol. The summed E-state index contributed by atoms with van der Waals surface area (Å²) in [5.41, 5.74) is 6.35. The Balaban J connectivity index is 2.96. The van der Waals surface area contributed by atoms with Crippen molar-refractivity contribution in [3.8, 4) is 0 Å². The molecule has 13 heavy (non-hydrogen) atoms. The number of rotatable bonds is 3. The van der Waals surface area contributed by atoms with Crippen molar-refractivity contribution < 1.29 is 0 Å². The van der Waals surface area contributed by atoms with Crippen LogP contribution in [-0.2, 0) is 0 Å². The van der Waals surface area contributed by atoms with Crippen molar-refractivity contribution >= 4 is 22.2 Å². The zero-order valence-corrected chi connectivity index (χ0v) is 8.21. The summed E-state index contributed by atoms with van der Waals surface area (Å²) in [5, 5.41) is 0.475. The number of hydrogen-bond acceptors (Lipinski definition) is 4. The number of hydrogen-bond donors (Lipinski definition) is 1. The van der Waals surface area contributed by atoms with E-state index in [1.54, 1.807) is 6.08 Å². The van der Waals surface area contributed by atoms with Crippen LogP contribution in [0, 0.1) is 0 Å². The van der Waals surface area contributed by atoms with Crippen LogP contribution in [0.15, 0.2) is 30.9 Å². The van der Waals surface area contributed by atoms with Gasteiger partial charge in [-0.1, -0.05) is 30.9 Å². The maximum Gasteiger partial charge on any atom is 0.200 e. The van der Waals surface area contributed by atoms with Gasteiger partial charge in [0.1, 0.15) is 0 Å². The Hall–Kier alpha value is -1.42. The van der Waals surface area contributed by atoms with E-state index >= 15 is 0 Å². The van der Waals surface area contributed by atoms with Gasteiger partial charge in [0.05, 0.1) is 0 Å². The molecule has 4 heteroatoms. The largest absolute Gasteiger partial charge is 0.374 e. The van der Waals surface area contributed by atoms with E-state index in [0.29, 0.717) is 11.0 Å². The molecule has 0 atom stereocenters. The second-order valence-electron chi connectivity index (χ2n) is 2.31. The molecule has 68 valence electrons. The summed E-state index contributed by atoms with van der Waals surface area (Å²) in [6.45, 7) is 5.63. The highest BCUT2D eigenvalue weighted by atomic mass is 32.1. The lowest BCUT2D eigenvalue weighted by molar-refractivity contribution is 1.27.